The van der Waals surface area contributed by atoms with E-state index in [0.29, 0.717) is 16.9 Å². The van der Waals surface area contributed by atoms with Crippen molar-refractivity contribution in [2.24, 2.45) is 28.6 Å². The lowest BCUT2D eigenvalue weighted by Crippen LogP contribution is -2.61. The number of likely N-dealkylation sites (tertiary alicyclic amines) is 1. The van der Waals surface area contributed by atoms with E-state index in [4.69, 9.17) is 0 Å². The Morgan fingerprint density at radius 2 is 1.76 bits per heavy atom. The Bertz CT molecular complexity index is 537. The second-order valence-corrected chi connectivity index (χ2v) is 9.96. The smallest absolute Gasteiger partial charge is 0.314 e. The number of carbonyl (C=O) groups is 1. The summed E-state index contributed by atoms with van der Waals surface area (Å²) >= 11 is 0. The van der Waals surface area contributed by atoms with Gasteiger partial charge in [0.25, 0.3) is 0 Å². The van der Waals surface area contributed by atoms with Gasteiger partial charge in [0.1, 0.15) is 0 Å². The molecule has 4 aliphatic rings. The number of nitrogens with zero attached hydrogens (tertiary/aromatic N) is 1. The van der Waals surface area contributed by atoms with Crippen LogP contribution in [0.2, 0.25) is 0 Å². The zero-order chi connectivity index (χ0) is 17.8. The van der Waals surface area contributed by atoms with Gasteiger partial charge >= 0.3 is 6.03 Å². The maximum Gasteiger partial charge on any atom is 0.314 e. The zero-order valence-corrected chi connectivity index (χ0v) is 16.6. The molecule has 142 valence electrons. The van der Waals surface area contributed by atoms with Crippen LogP contribution >= 0.6 is 0 Å². The molecule has 1 heterocycles. The summed E-state index contributed by atoms with van der Waals surface area (Å²) in [5.41, 5.74) is 0.820. The van der Waals surface area contributed by atoms with Crippen molar-refractivity contribution in [1.82, 2.24) is 15.5 Å². The second-order valence-electron chi connectivity index (χ2n) is 9.96. The zero-order valence-electron chi connectivity index (χ0n) is 16.6. The van der Waals surface area contributed by atoms with Gasteiger partial charge in [-0.3, -0.25) is 0 Å². The summed E-state index contributed by atoms with van der Waals surface area (Å²) in [5.74, 6) is 2.58. The van der Waals surface area contributed by atoms with Crippen molar-refractivity contribution in [3.8, 4) is 0 Å². The van der Waals surface area contributed by atoms with E-state index in [1.807, 2.05) is 0 Å². The number of hydrogen-bond donors (Lipinski definition) is 2. The van der Waals surface area contributed by atoms with Gasteiger partial charge in [0, 0.05) is 19.1 Å². The lowest BCUT2D eigenvalue weighted by molar-refractivity contribution is -0.119. The second kappa shape index (κ2) is 6.14. The average Bonchev–Trinajstić information content (AvgIpc) is 2.91. The summed E-state index contributed by atoms with van der Waals surface area (Å²) < 4.78 is 0. The number of piperidine rings is 1. The molecule has 2 N–H and O–H groups in total. The third-order valence-electron chi connectivity index (χ3n) is 9.11. The Balaban J connectivity index is 1.57. The Hall–Kier alpha value is -0.770. The van der Waals surface area contributed by atoms with E-state index < -0.39 is 0 Å². The van der Waals surface area contributed by atoms with E-state index in [1.165, 1.54) is 51.5 Å². The molecule has 0 aromatic rings. The molecule has 1 saturated heterocycles. The molecule has 2 unspecified atom stereocenters. The number of amides is 2. The first-order valence-electron chi connectivity index (χ1n) is 10.6. The van der Waals surface area contributed by atoms with Crippen LogP contribution in [0.3, 0.4) is 0 Å². The normalized spacial score (nSPS) is 49.7. The maximum atomic E-state index is 11.9. The molecule has 4 fully saturated rings. The van der Waals surface area contributed by atoms with Crippen LogP contribution in [0.5, 0.6) is 0 Å². The van der Waals surface area contributed by atoms with Crippen LogP contribution in [0.25, 0.3) is 0 Å². The van der Waals surface area contributed by atoms with E-state index in [1.54, 1.807) is 7.05 Å². The van der Waals surface area contributed by atoms with E-state index in [9.17, 15) is 4.79 Å². The lowest BCUT2D eigenvalue weighted by atomic mass is 9.47. The average molecular weight is 348 g/mol. The highest BCUT2D eigenvalue weighted by molar-refractivity contribution is 5.74. The molecule has 7 atom stereocenters. The molecule has 4 rings (SSSR count). The number of nitrogens with one attached hydrogen (secondary N) is 2. The van der Waals surface area contributed by atoms with E-state index in [-0.39, 0.29) is 6.03 Å². The van der Waals surface area contributed by atoms with Gasteiger partial charge in [0.05, 0.1) is 0 Å². The molecule has 0 aromatic carbocycles. The monoisotopic (exact) mass is 347 g/mol. The number of rotatable bonds is 1. The fourth-order valence-electron chi connectivity index (χ4n) is 7.84. The fraction of sp³-hybridized carbons (Fsp3) is 0.952. The van der Waals surface area contributed by atoms with Gasteiger partial charge in [0.15, 0.2) is 0 Å². The van der Waals surface area contributed by atoms with E-state index >= 15 is 0 Å². The molecule has 0 radical (unpaired) electrons. The van der Waals surface area contributed by atoms with Crippen molar-refractivity contribution < 1.29 is 4.79 Å². The minimum atomic E-state index is -0.00132. The lowest BCUT2D eigenvalue weighted by Gasteiger charge is -2.62. The third kappa shape index (κ3) is 2.54. The molecule has 1 aliphatic heterocycles. The quantitative estimate of drug-likeness (QED) is 0.761. The first kappa shape index (κ1) is 17.6. The van der Waals surface area contributed by atoms with Crippen molar-refractivity contribution in [3.63, 3.8) is 0 Å². The van der Waals surface area contributed by atoms with Gasteiger partial charge in [0.2, 0.25) is 0 Å². The van der Waals surface area contributed by atoms with E-state index in [0.717, 1.165) is 30.2 Å². The number of carbonyl (C=O) groups excluding carboxylic acids is 1. The Kier molecular flexibility index (Phi) is 4.33. The van der Waals surface area contributed by atoms with Crippen LogP contribution in [0.15, 0.2) is 0 Å². The minimum Gasteiger partial charge on any atom is -0.341 e. The van der Waals surface area contributed by atoms with Crippen molar-refractivity contribution in [2.45, 2.75) is 77.3 Å². The van der Waals surface area contributed by atoms with Crippen molar-refractivity contribution in [3.05, 3.63) is 0 Å². The SMILES string of the molecule is CNC(=O)NC1CC[C@H]2[C@@H]3CCC4N(C)CCC[C@]4(C)[C@@H]3CC[C@]12C. The fourth-order valence-corrected chi connectivity index (χ4v) is 7.84. The van der Waals surface area contributed by atoms with Crippen LogP contribution in [0.4, 0.5) is 4.79 Å². The van der Waals surface area contributed by atoms with E-state index in [2.05, 4.69) is 36.4 Å². The Morgan fingerprint density at radius 3 is 2.52 bits per heavy atom. The molecule has 3 saturated carbocycles. The van der Waals surface area contributed by atoms with Gasteiger partial charge in [-0.05, 0) is 93.5 Å². The van der Waals surface area contributed by atoms with Crippen LogP contribution in [0, 0.1) is 28.6 Å². The van der Waals surface area contributed by atoms with Crippen molar-refractivity contribution >= 4 is 6.03 Å². The van der Waals surface area contributed by atoms with Gasteiger partial charge < -0.3 is 15.5 Å². The molecule has 4 nitrogen and oxygen atoms in total. The molecule has 25 heavy (non-hydrogen) atoms. The highest BCUT2D eigenvalue weighted by Crippen LogP contribution is 2.64. The predicted octanol–water partition coefficient (Wildman–Crippen LogP) is 3.62. The van der Waals surface area contributed by atoms with Crippen LogP contribution in [0.1, 0.15) is 65.2 Å². The van der Waals surface area contributed by atoms with Gasteiger partial charge in [-0.1, -0.05) is 13.8 Å². The minimum absolute atomic E-state index is 0.00132. The summed E-state index contributed by atoms with van der Waals surface area (Å²) in [7, 11) is 4.08. The Morgan fingerprint density at radius 1 is 1.00 bits per heavy atom. The highest BCUT2D eigenvalue weighted by atomic mass is 16.2. The third-order valence-corrected chi connectivity index (χ3v) is 9.11. The summed E-state index contributed by atoms with van der Waals surface area (Å²) in [6.45, 7) is 6.38. The standard InChI is InChI=1S/C21H37N3O/c1-20-12-10-16-14(15(20)7-8-17(20)23-19(25)22-3)6-9-18-21(16,2)11-5-13-24(18)4/h14-18H,5-13H2,1-4H3,(H2,22,23,25)/t14-,15-,16+,17?,18?,20-,21+/m0/s1. The first-order chi connectivity index (χ1) is 11.9. The molecule has 4 heteroatoms. The van der Waals surface area contributed by atoms with Crippen molar-refractivity contribution in [2.75, 3.05) is 20.6 Å². The highest BCUT2D eigenvalue weighted by Gasteiger charge is 2.60. The van der Waals surface area contributed by atoms with Crippen molar-refractivity contribution in [1.29, 1.82) is 0 Å². The van der Waals surface area contributed by atoms with Gasteiger partial charge in [-0.25, -0.2) is 4.79 Å². The number of urea groups is 1. The van der Waals surface area contributed by atoms with Crippen LogP contribution in [-0.2, 0) is 0 Å². The number of fused-ring (bicyclic) bond motifs is 5. The summed E-state index contributed by atoms with van der Waals surface area (Å²) in [4.78, 5) is 14.6. The maximum absolute atomic E-state index is 11.9. The first-order valence-corrected chi connectivity index (χ1v) is 10.6. The predicted molar refractivity (Wildman–Crippen MR) is 101 cm³/mol. The molecular weight excluding hydrogens is 310 g/mol. The molecule has 3 aliphatic carbocycles. The summed E-state index contributed by atoms with van der Waals surface area (Å²) in [5, 5.41) is 6.03. The molecule has 0 spiro atoms. The van der Waals surface area contributed by atoms with Crippen LogP contribution < -0.4 is 10.6 Å². The molecule has 2 amide bonds. The topological polar surface area (TPSA) is 44.4 Å². The molecule has 0 bridgehead atoms. The van der Waals surface area contributed by atoms with Crippen LogP contribution in [-0.4, -0.2) is 43.7 Å². The largest absolute Gasteiger partial charge is 0.341 e. The number of hydrogen-bond acceptors (Lipinski definition) is 2. The Labute approximate surface area is 153 Å². The molecule has 0 aromatic heterocycles. The summed E-state index contributed by atoms with van der Waals surface area (Å²) in [6.07, 6.45) is 10.7. The summed E-state index contributed by atoms with van der Waals surface area (Å²) in [6, 6.07) is 1.16. The van der Waals surface area contributed by atoms with Gasteiger partial charge in [-0.15, -0.1) is 0 Å². The molecular formula is C21H37N3O. The van der Waals surface area contributed by atoms with Gasteiger partial charge in [-0.2, -0.15) is 0 Å².